The Morgan fingerprint density at radius 2 is 1.94 bits per heavy atom. The number of amides is 1. The lowest BCUT2D eigenvalue weighted by Gasteiger charge is -2.04. The first-order chi connectivity index (χ1) is 14.9. The van der Waals surface area contributed by atoms with Gasteiger partial charge in [0.15, 0.2) is 17.2 Å². The van der Waals surface area contributed by atoms with Gasteiger partial charge in [-0.15, -0.1) is 8.78 Å². The lowest BCUT2D eigenvalue weighted by Crippen LogP contribution is -2.25. The second-order valence-corrected chi connectivity index (χ2v) is 6.98. The first kappa shape index (κ1) is 17.7. The Bertz CT molecular complexity index is 1320. The van der Waals surface area contributed by atoms with Crippen molar-refractivity contribution in [1.82, 2.24) is 15.0 Å². The van der Waals surface area contributed by atoms with Gasteiger partial charge in [0.1, 0.15) is 12.0 Å². The van der Waals surface area contributed by atoms with Gasteiger partial charge in [0.25, 0.3) is 5.91 Å². The number of oxazole rings is 1. The standard InChI is InChI=1S/C20H12F2N4O5/c21-20(22)30-15-6-11-12(7-16(15)31-20)25-19(24-11)26-17(27)13-8-29-18(23-13)10-1-2-14-9(5-10)3-4-28-14/h1-2,5-8H,3-4H2,(H2,24,25,26,27). The Labute approximate surface area is 172 Å². The molecule has 2 N–H and O–H groups in total. The van der Waals surface area contributed by atoms with Crippen molar-refractivity contribution in [3.8, 4) is 28.7 Å². The monoisotopic (exact) mass is 426 g/mol. The fourth-order valence-electron chi connectivity index (χ4n) is 3.52. The van der Waals surface area contributed by atoms with E-state index < -0.39 is 12.2 Å². The number of anilines is 1. The second-order valence-electron chi connectivity index (χ2n) is 6.98. The Kier molecular flexibility index (Phi) is 3.52. The van der Waals surface area contributed by atoms with Gasteiger partial charge in [-0.3, -0.25) is 10.1 Å². The van der Waals surface area contributed by atoms with E-state index in [0.29, 0.717) is 23.5 Å². The Hall–Kier alpha value is -4.15. The molecule has 156 valence electrons. The molecule has 0 unspecified atom stereocenters. The molecule has 0 aliphatic carbocycles. The summed E-state index contributed by atoms with van der Waals surface area (Å²) >= 11 is 0. The smallest absolute Gasteiger partial charge is 0.493 e. The van der Waals surface area contributed by atoms with E-state index in [4.69, 9.17) is 9.15 Å². The summed E-state index contributed by atoms with van der Waals surface area (Å²) in [6, 6.07) is 8.19. The number of carbonyl (C=O) groups is 1. The largest absolute Gasteiger partial charge is 0.586 e. The minimum absolute atomic E-state index is 0.0565. The normalized spacial score (nSPS) is 15.7. The van der Waals surface area contributed by atoms with Gasteiger partial charge < -0.3 is 23.6 Å². The fourth-order valence-corrected chi connectivity index (χ4v) is 3.52. The lowest BCUT2D eigenvalue weighted by atomic mass is 10.1. The molecular formula is C20H12F2N4O5. The van der Waals surface area contributed by atoms with Gasteiger partial charge >= 0.3 is 6.29 Å². The maximum absolute atomic E-state index is 13.2. The highest BCUT2D eigenvalue weighted by molar-refractivity contribution is 6.02. The summed E-state index contributed by atoms with van der Waals surface area (Å²) in [5.74, 6) is 0.433. The predicted octanol–water partition coefficient (Wildman–Crippen LogP) is 3.73. The zero-order valence-corrected chi connectivity index (χ0v) is 15.6. The number of alkyl halides is 2. The molecule has 9 nitrogen and oxygen atoms in total. The number of aromatic amines is 1. The number of carbonyl (C=O) groups excluding carboxylic acids is 1. The molecule has 2 aromatic heterocycles. The van der Waals surface area contributed by atoms with E-state index in [-0.39, 0.29) is 23.1 Å². The van der Waals surface area contributed by atoms with Gasteiger partial charge in [0.2, 0.25) is 11.8 Å². The number of nitrogens with zero attached hydrogens (tertiary/aromatic N) is 2. The van der Waals surface area contributed by atoms with Gasteiger partial charge in [-0.2, -0.15) is 0 Å². The highest BCUT2D eigenvalue weighted by Gasteiger charge is 2.43. The van der Waals surface area contributed by atoms with Crippen LogP contribution in [0.2, 0.25) is 0 Å². The third-order valence-corrected chi connectivity index (χ3v) is 4.91. The summed E-state index contributed by atoms with van der Waals surface area (Å²) < 4.78 is 46.1. The number of hydrogen-bond donors (Lipinski definition) is 2. The van der Waals surface area contributed by atoms with Crippen LogP contribution in [0.25, 0.3) is 22.5 Å². The second kappa shape index (κ2) is 6.17. The first-order valence-electron chi connectivity index (χ1n) is 9.26. The van der Waals surface area contributed by atoms with E-state index in [1.54, 1.807) is 0 Å². The first-order valence-corrected chi connectivity index (χ1v) is 9.26. The molecule has 6 rings (SSSR count). The fraction of sp³-hybridized carbons (Fsp3) is 0.150. The third-order valence-electron chi connectivity index (χ3n) is 4.91. The van der Waals surface area contributed by atoms with Crippen LogP contribution in [0, 0.1) is 0 Å². The minimum Gasteiger partial charge on any atom is -0.493 e. The molecule has 2 aliphatic rings. The van der Waals surface area contributed by atoms with E-state index in [0.717, 1.165) is 23.3 Å². The summed E-state index contributed by atoms with van der Waals surface area (Å²) in [4.78, 5) is 23.8. The molecule has 0 fully saturated rings. The highest BCUT2D eigenvalue weighted by atomic mass is 19.3. The van der Waals surface area contributed by atoms with Crippen LogP contribution in [0.4, 0.5) is 14.7 Å². The average Bonchev–Trinajstić information content (AvgIpc) is 3.49. The molecule has 4 heterocycles. The number of hydrogen-bond acceptors (Lipinski definition) is 7. The van der Waals surface area contributed by atoms with Gasteiger partial charge in [0.05, 0.1) is 17.6 Å². The topological polar surface area (TPSA) is 112 Å². The highest BCUT2D eigenvalue weighted by Crippen LogP contribution is 2.43. The van der Waals surface area contributed by atoms with E-state index in [1.165, 1.54) is 18.4 Å². The van der Waals surface area contributed by atoms with Crippen LogP contribution < -0.4 is 19.5 Å². The molecule has 0 saturated heterocycles. The maximum Gasteiger partial charge on any atom is 0.586 e. The van der Waals surface area contributed by atoms with E-state index in [2.05, 4.69) is 29.7 Å². The van der Waals surface area contributed by atoms with Gasteiger partial charge in [-0.05, 0) is 23.8 Å². The number of nitrogens with one attached hydrogen (secondary N) is 2. The predicted molar refractivity (Wildman–Crippen MR) is 101 cm³/mol. The van der Waals surface area contributed by atoms with Crippen LogP contribution in [0.5, 0.6) is 17.2 Å². The van der Waals surface area contributed by atoms with Crippen molar-refractivity contribution < 1.29 is 32.2 Å². The molecule has 0 saturated carbocycles. The van der Waals surface area contributed by atoms with Crippen molar-refractivity contribution >= 4 is 22.9 Å². The molecule has 0 atom stereocenters. The van der Waals surface area contributed by atoms with Gasteiger partial charge in [-0.25, -0.2) is 9.97 Å². The zero-order chi connectivity index (χ0) is 21.2. The summed E-state index contributed by atoms with van der Waals surface area (Å²) in [6.45, 7) is 0.638. The Morgan fingerprint density at radius 3 is 2.81 bits per heavy atom. The number of halogens is 2. The number of H-pyrrole nitrogens is 1. The quantitative estimate of drug-likeness (QED) is 0.513. The Morgan fingerprint density at radius 1 is 1.10 bits per heavy atom. The van der Waals surface area contributed by atoms with E-state index in [9.17, 15) is 13.6 Å². The van der Waals surface area contributed by atoms with Gasteiger partial charge in [-0.1, -0.05) is 0 Å². The lowest BCUT2D eigenvalue weighted by molar-refractivity contribution is -0.286. The number of fused-ring (bicyclic) bond motifs is 3. The van der Waals surface area contributed by atoms with Crippen LogP contribution in [-0.4, -0.2) is 33.8 Å². The van der Waals surface area contributed by atoms with E-state index in [1.807, 2.05) is 18.2 Å². The number of benzene rings is 2. The average molecular weight is 426 g/mol. The molecule has 0 spiro atoms. The van der Waals surface area contributed by atoms with Gasteiger partial charge in [0, 0.05) is 24.1 Å². The summed E-state index contributed by atoms with van der Waals surface area (Å²) in [5.41, 5.74) is 2.55. The minimum atomic E-state index is -3.71. The SMILES string of the molecule is O=C(Nc1nc2cc3c(cc2[nH]1)OC(F)(F)O3)c1coc(-c2ccc3c(c2)CCO3)n1. The number of aromatic nitrogens is 3. The van der Waals surface area contributed by atoms with Crippen molar-refractivity contribution in [2.24, 2.45) is 0 Å². The third kappa shape index (κ3) is 3.01. The van der Waals surface area contributed by atoms with Crippen LogP contribution in [-0.2, 0) is 6.42 Å². The summed E-state index contributed by atoms with van der Waals surface area (Å²) in [7, 11) is 0. The molecule has 2 aromatic carbocycles. The molecular weight excluding hydrogens is 414 g/mol. The number of rotatable bonds is 3. The van der Waals surface area contributed by atoms with Crippen molar-refractivity contribution in [1.29, 1.82) is 0 Å². The molecule has 0 bridgehead atoms. The van der Waals surface area contributed by atoms with Crippen molar-refractivity contribution in [3.63, 3.8) is 0 Å². The van der Waals surface area contributed by atoms with Crippen LogP contribution in [0.1, 0.15) is 16.1 Å². The van der Waals surface area contributed by atoms with Crippen molar-refractivity contribution in [2.45, 2.75) is 12.7 Å². The number of ether oxygens (including phenoxy) is 3. The molecule has 4 aromatic rings. The molecule has 2 aliphatic heterocycles. The van der Waals surface area contributed by atoms with Crippen molar-refractivity contribution in [2.75, 3.05) is 11.9 Å². The Balaban J connectivity index is 1.22. The number of imidazole rings is 1. The molecule has 0 radical (unpaired) electrons. The van der Waals surface area contributed by atoms with Crippen LogP contribution in [0.3, 0.4) is 0 Å². The molecule has 31 heavy (non-hydrogen) atoms. The van der Waals surface area contributed by atoms with Crippen LogP contribution >= 0.6 is 0 Å². The van der Waals surface area contributed by atoms with Crippen molar-refractivity contribution in [3.05, 3.63) is 47.9 Å². The maximum atomic E-state index is 13.2. The molecule has 11 heteroatoms. The van der Waals surface area contributed by atoms with E-state index >= 15 is 0 Å². The summed E-state index contributed by atoms with van der Waals surface area (Å²) in [6.07, 6.45) is -1.66. The zero-order valence-electron chi connectivity index (χ0n) is 15.6. The van der Waals surface area contributed by atoms with Crippen LogP contribution in [0.15, 0.2) is 41.0 Å². The molecule has 1 amide bonds. The summed E-state index contributed by atoms with van der Waals surface area (Å²) in [5, 5.41) is 2.57.